The van der Waals surface area contributed by atoms with Crippen molar-refractivity contribution in [1.29, 1.82) is 0 Å². The van der Waals surface area contributed by atoms with E-state index in [0.29, 0.717) is 6.42 Å². The maximum absolute atomic E-state index is 12.1. The minimum Gasteiger partial charge on any atom is -0.396 e. The lowest BCUT2D eigenvalue weighted by molar-refractivity contribution is -0.125. The summed E-state index contributed by atoms with van der Waals surface area (Å²) in [6.45, 7) is 4.23. The molecule has 3 heteroatoms. The predicted molar refractivity (Wildman–Crippen MR) is 74.3 cm³/mol. The van der Waals surface area contributed by atoms with Gasteiger partial charge in [-0.2, -0.15) is 0 Å². The molecule has 0 aromatic rings. The van der Waals surface area contributed by atoms with Gasteiger partial charge in [0.05, 0.1) is 0 Å². The standard InChI is InChI=1S/C15H29NO2/c1-3-14(9-10-17)16-15(18)12(2)11-13-7-5-4-6-8-13/h12-14,17H,3-11H2,1-2H3,(H,16,18). The molecule has 2 N–H and O–H groups in total. The molecule has 106 valence electrons. The molecular weight excluding hydrogens is 226 g/mol. The number of hydrogen-bond acceptors (Lipinski definition) is 2. The third-order valence-electron chi connectivity index (χ3n) is 4.18. The zero-order valence-electron chi connectivity index (χ0n) is 12.0. The molecule has 2 unspecified atom stereocenters. The molecule has 0 aromatic heterocycles. The molecule has 2 atom stereocenters. The maximum atomic E-state index is 12.1. The highest BCUT2D eigenvalue weighted by atomic mass is 16.3. The SMILES string of the molecule is CCC(CCO)NC(=O)C(C)CC1CCCCC1. The lowest BCUT2D eigenvalue weighted by Gasteiger charge is -2.25. The third-order valence-corrected chi connectivity index (χ3v) is 4.18. The Morgan fingerprint density at radius 3 is 2.56 bits per heavy atom. The first-order valence-electron chi connectivity index (χ1n) is 7.58. The molecule has 0 radical (unpaired) electrons. The van der Waals surface area contributed by atoms with Crippen LogP contribution in [-0.2, 0) is 4.79 Å². The average Bonchev–Trinajstić information content (AvgIpc) is 2.39. The number of nitrogens with one attached hydrogen (secondary N) is 1. The molecular formula is C15H29NO2. The van der Waals surface area contributed by atoms with Crippen LogP contribution in [0.3, 0.4) is 0 Å². The van der Waals surface area contributed by atoms with E-state index in [2.05, 4.69) is 5.32 Å². The Morgan fingerprint density at radius 1 is 1.33 bits per heavy atom. The zero-order valence-corrected chi connectivity index (χ0v) is 12.0. The normalized spacial score (nSPS) is 20.4. The highest BCUT2D eigenvalue weighted by Gasteiger charge is 2.22. The second-order valence-corrected chi connectivity index (χ2v) is 5.77. The van der Waals surface area contributed by atoms with E-state index in [1.807, 2.05) is 13.8 Å². The number of aliphatic hydroxyl groups excluding tert-OH is 1. The predicted octanol–water partition coefficient (Wildman–Crippen LogP) is 2.87. The first-order chi connectivity index (χ1) is 8.67. The lowest BCUT2D eigenvalue weighted by Crippen LogP contribution is -2.39. The van der Waals surface area contributed by atoms with E-state index in [-0.39, 0.29) is 24.5 Å². The van der Waals surface area contributed by atoms with Crippen molar-refractivity contribution in [2.45, 2.75) is 71.3 Å². The fraction of sp³-hybridized carbons (Fsp3) is 0.933. The second kappa shape index (κ2) is 8.52. The van der Waals surface area contributed by atoms with Gasteiger partial charge in [-0.1, -0.05) is 46.0 Å². The Hall–Kier alpha value is -0.570. The van der Waals surface area contributed by atoms with Crippen molar-refractivity contribution in [2.75, 3.05) is 6.61 Å². The van der Waals surface area contributed by atoms with E-state index < -0.39 is 0 Å². The molecule has 0 heterocycles. The van der Waals surface area contributed by atoms with Gasteiger partial charge in [0.15, 0.2) is 0 Å². The van der Waals surface area contributed by atoms with E-state index in [0.717, 1.165) is 18.8 Å². The van der Waals surface area contributed by atoms with E-state index in [4.69, 9.17) is 5.11 Å². The number of carbonyl (C=O) groups excluding carboxylic acids is 1. The van der Waals surface area contributed by atoms with Crippen LogP contribution in [0.4, 0.5) is 0 Å². The van der Waals surface area contributed by atoms with E-state index >= 15 is 0 Å². The van der Waals surface area contributed by atoms with Crippen molar-refractivity contribution in [3.05, 3.63) is 0 Å². The molecule has 1 saturated carbocycles. The highest BCUT2D eigenvalue weighted by molar-refractivity contribution is 5.78. The Balaban J connectivity index is 2.30. The van der Waals surface area contributed by atoms with Crippen molar-refractivity contribution >= 4 is 5.91 Å². The Kier molecular flexibility index (Phi) is 7.33. The molecule has 1 fully saturated rings. The van der Waals surface area contributed by atoms with Crippen LogP contribution in [0.25, 0.3) is 0 Å². The molecule has 0 spiro atoms. The molecule has 18 heavy (non-hydrogen) atoms. The van der Waals surface area contributed by atoms with Gasteiger partial charge in [0.2, 0.25) is 5.91 Å². The quantitative estimate of drug-likeness (QED) is 0.735. The van der Waals surface area contributed by atoms with Gasteiger partial charge in [-0.15, -0.1) is 0 Å². The number of amides is 1. The van der Waals surface area contributed by atoms with Crippen LogP contribution in [-0.4, -0.2) is 23.7 Å². The topological polar surface area (TPSA) is 49.3 Å². The summed E-state index contributed by atoms with van der Waals surface area (Å²) in [6, 6.07) is 0.135. The molecule has 0 aromatic carbocycles. The molecule has 0 saturated heterocycles. The van der Waals surface area contributed by atoms with Crippen molar-refractivity contribution < 1.29 is 9.90 Å². The summed E-state index contributed by atoms with van der Waals surface area (Å²) < 4.78 is 0. The van der Waals surface area contributed by atoms with Gasteiger partial charge >= 0.3 is 0 Å². The average molecular weight is 255 g/mol. The van der Waals surface area contributed by atoms with Crippen LogP contribution in [0.5, 0.6) is 0 Å². The van der Waals surface area contributed by atoms with Crippen LogP contribution >= 0.6 is 0 Å². The number of rotatable bonds is 7. The van der Waals surface area contributed by atoms with E-state index in [9.17, 15) is 4.79 Å². The second-order valence-electron chi connectivity index (χ2n) is 5.77. The van der Waals surface area contributed by atoms with Crippen LogP contribution < -0.4 is 5.32 Å². The molecule has 1 rings (SSSR count). The third kappa shape index (κ3) is 5.38. The summed E-state index contributed by atoms with van der Waals surface area (Å²) in [5.41, 5.74) is 0. The van der Waals surface area contributed by atoms with Crippen molar-refractivity contribution in [3.63, 3.8) is 0 Å². The number of aliphatic hydroxyl groups is 1. The molecule has 0 bridgehead atoms. The van der Waals surface area contributed by atoms with Crippen molar-refractivity contribution in [2.24, 2.45) is 11.8 Å². The molecule has 3 nitrogen and oxygen atoms in total. The Labute approximate surface area is 111 Å². The largest absolute Gasteiger partial charge is 0.396 e. The maximum Gasteiger partial charge on any atom is 0.223 e. The number of hydrogen-bond donors (Lipinski definition) is 2. The van der Waals surface area contributed by atoms with Crippen LogP contribution in [0.15, 0.2) is 0 Å². The fourth-order valence-corrected chi connectivity index (χ4v) is 2.91. The van der Waals surface area contributed by atoms with Crippen LogP contribution in [0.2, 0.25) is 0 Å². The molecule has 0 aliphatic heterocycles. The zero-order chi connectivity index (χ0) is 13.4. The molecule has 1 amide bonds. The van der Waals surface area contributed by atoms with Crippen LogP contribution in [0.1, 0.15) is 65.2 Å². The van der Waals surface area contributed by atoms with Gasteiger partial charge in [-0.25, -0.2) is 0 Å². The van der Waals surface area contributed by atoms with Gasteiger partial charge in [-0.3, -0.25) is 4.79 Å². The molecule has 1 aliphatic rings. The van der Waals surface area contributed by atoms with Gasteiger partial charge < -0.3 is 10.4 Å². The summed E-state index contributed by atoms with van der Waals surface area (Å²) in [5.74, 6) is 1.03. The minimum absolute atomic E-state index is 0.112. The van der Waals surface area contributed by atoms with Crippen LogP contribution in [0, 0.1) is 11.8 Å². The van der Waals surface area contributed by atoms with Crippen molar-refractivity contribution in [3.8, 4) is 0 Å². The summed E-state index contributed by atoms with van der Waals surface area (Å²) in [5, 5.41) is 12.0. The van der Waals surface area contributed by atoms with Crippen molar-refractivity contribution in [1.82, 2.24) is 5.32 Å². The summed E-state index contributed by atoms with van der Waals surface area (Å²) >= 11 is 0. The fourth-order valence-electron chi connectivity index (χ4n) is 2.91. The minimum atomic E-state index is 0.112. The summed E-state index contributed by atoms with van der Waals surface area (Å²) in [7, 11) is 0. The van der Waals surface area contributed by atoms with E-state index in [1.165, 1.54) is 32.1 Å². The smallest absolute Gasteiger partial charge is 0.223 e. The van der Waals surface area contributed by atoms with E-state index in [1.54, 1.807) is 0 Å². The first-order valence-corrected chi connectivity index (χ1v) is 7.58. The van der Waals surface area contributed by atoms with Gasteiger partial charge in [0, 0.05) is 18.6 Å². The lowest BCUT2D eigenvalue weighted by atomic mass is 9.83. The Morgan fingerprint density at radius 2 is 2.00 bits per heavy atom. The monoisotopic (exact) mass is 255 g/mol. The van der Waals surface area contributed by atoms with Gasteiger partial charge in [-0.05, 0) is 25.2 Å². The van der Waals surface area contributed by atoms with Gasteiger partial charge in [0.25, 0.3) is 0 Å². The summed E-state index contributed by atoms with van der Waals surface area (Å²) in [6.07, 6.45) is 9.22. The first kappa shape index (κ1) is 15.5. The Bertz CT molecular complexity index is 237. The highest BCUT2D eigenvalue weighted by Crippen LogP contribution is 2.29. The number of carbonyl (C=O) groups is 1. The molecule has 1 aliphatic carbocycles. The van der Waals surface area contributed by atoms with Gasteiger partial charge in [0.1, 0.15) is 0 Å². The summed E-state index contributed by atoms with van der Waals surface area (Å²) in [4.78, 5) is 12.1.